The molecule has 1 nitrogen and oxygen atoms in total. The van der Waals surface area contributed by atoms with E-state index < -0.39 is 8.32 Å². The van der Waals surface area contributed by atoms with Crippen LogP contribution in [-0.2, 0) is 4.43 Å². The summed E-state index contributed by atoms with van der Waals surface area (Å²) in [7, 11) is -1.80. The lowest BCUT2D eigenvalue weighted by Gasteiger charge is -2.43. The highest BCUT2D eigenvalue weighted by Crippen LogP contribution is 2.76. The van der Waals surface area contributed by atoms with Crippen LogP contribution >= 0.6 is 0 Å². The average molecular weight is 441 g/mol. The maximum atomic E-state index is 6.86. The van der Waals surface area contributed by atoms with Crippen LogP contribution in [0.2, 0.25) is 18.1 Å². The number of rotatable bonds is 3. The summed E-state index contributed by atoms with van der Waals surface area (Å²) in [4.78, 5) is 0. The fourth-order valence-corrected chi connectivity index (χ4v) is 8.68. The highest BCUT2D eigenvalue weighted by molar-refractivity contribution is 6.74. The molecule has 4 unspecified atom stereocenters. The molecule has 0 N–H and O–H groups in total. The SMILES string of the molecule is C=C1/C(=C\C=C2/CCC[C@@]3(C)C2CCC32C[C@H]2C)CC(C)CC1O[Si](C)(C)C(C)(C)C. The van der Waals surface area contributed by atoms with E-state index in [-0.39, 0.29) is 11.1 Å². The molecule has 0 aromatic rings. The van der Waals surface area contributed by atoms with Crippen molar-refractivity contribution >= 4 is 8.32 Å². The summed E-state index contributed by atoms with van der Waals surface area (Å²) < 4.78 is 6.86. The maximum absolute atomic E-state index is 6.86. The lowest BCUT2D eigenvalue weighted by Crippen LogP contribution is -2.45. The molecule has 0 amide bonds. The molecule has 0 bridgehead atoms. The normalized spacial score (nSPS) is 43.7. The molecule has 0 radical (unpaired) electrons. The van der Waals surface area contributed by atoms with Gasteiger partial charge in [-0.05, 0) is 109 Å². The van der Waals surface area contributed by atoms with Gasteiger partial charge in [-0.2, -0.15) is 0 Å². The molecule has 4 aliphatic rings. The van der Waals surface area contributed by atoms with Crippen molar-refractivity contribution in [1.29, 1.82) is 0 Å². The van der Waals surface area contributed by atoms with Gasteiger partial charge in [-0.3, -0.25) is 0 Å². The molecule has 4 saturated carbocycles. The van der Waals surface area contributed by atoms with E-state index in [4.69, 9.17) is 4.43 Å². The van der Waals surface area contributed by atoms with Crippen molar-refractivity contribution in [1.82, 2.24) is 0 Å². The van der Waals surface area contributed by atoms with E-state index in [1.165, 1.54) is 49.7 Å². The van der Waals surface area contributed by atoms with Crippen molar-refractivity contribution in [2.45, 2.75) is 117 Å². The highest BCUT2D eigenvalue weighted by Gasteiger charge is 2.68. The summed E-state index contributed by atoms with van der Waals surface area (Å²) in [6.45, 7) is 23.9. The van der Waals surface area contributed by atoms with Gasteiger partial charge in [-0.1, -0.05) is 65.8 Å². The number of allylic oxidation sites excluding steroid dienone is 3. The van der Waals surface area contributed by atoms with E-state index in [1.807, 2.05) is 0 Å². The summed E-state index contributed by atoms with van der Waals surface area (Å²) in [6.07, 6.45) is 16.0. The van der Waals surface area contributed by atoms with E-state index in [0.717, 1.165) is 24.7 Å². The molecule has 1 spiro atoms. The zero-order valence-corrected chi connectivity index (χ0v) is 22.7. The molecule has 2 heteroatoms. The van der Waals surface area contributed by atoms with Gasteiger partial charge in [0.2, 0.25) is 0 Å². The molecule has 0 aromatic heterocycles. The van der Waals surface area contributed by atoms with Crippen LogP contribution in [-0.4, -0.2) is 14.4 Å². The Labute approximate surface area is 193 Å². The van der Waals surface area contributed by atoms with Gasteiger partial charge in [0.05, 0.1) is 6.10 Å². The van der Waals surface area contributed by atoms with Crippen LogP contribution in [0.4, 0.5) is 0 Å². The first-order valence-corrected chi connectivity index (χ1v) is 16.0. The molecule has 0 aliphatic heterocycles. The second kappa shape index (κ2) is 7.72. The largest absolute Gasteiger partial charge is 0.410 e. The standard InChI is InChI=1S/C29H48OSi/c1-20-17-24(22(3)26(18-20)30-31(8,9)27(4,5)6)13-12-23-11-10-15-28(7)25(23)14-16-29(28)19-21(29)2/h12-13,20-21,25-26H,3,10-11,14-19H2,1-2,4-9H3/b23-12+,24-13-/t20?,21-,25?,26?,28+,29?/m1/s1. The van der Waals surface area contributed by atoms with E-state index in [0.29, 0.717) is 16.7 Å². The fourth-order valence-electron chi connectivity index (χ4n) is 7.37. The Hall–Kier alpha value is -0.603. The molecule has 0 heterocycles. The van der Waals surface area contributed by atoms with Gasteiger partial charge in [0, 0.05) is 0 Å². The molecule has 31 heavy (non-hydrogen) atoms. The van der Waals surface area contributed by atoms with E-state index in [9.17, 15) is 0 Å². The zero-order chi connectivity index (χ0) is 22.8. The summed E-state index contributed by atoms with van der Waals surface area (Å²) in [6, 6.07) is 0. The second-order valence-electron chi connectivity index (χ2n) is 13.5. The molecule has 0 saturated heterocycles. The monoisotopic (exact) mass is 440 g/mol. The van der Waals surface area contributed by atoms with Crippen molar-refractivity contribution < 1.29 is 4.43 Å². The third kappa shape index (κ3) is 3.88. The zero-order valence-electron chi connectivity index (χ0n) is 21.7. The Balaban J connectivity index is 1.54. The van der Waals surface area contributed by atoms with E-state index >= 15 is 0 Å². The number of fused-ring (bicyclic) bond motifs is 2. The summed E-state index contributed by atoms with van der Waals surface area (Å²) in [5, 5.41) is 0.241. The fraction of sp³-hybridized carbons (Fsp3) is 0.793. The molecule has 0 aromatic carbocycles. The number of hydrogen-bond donors (Lipinski definition) is 0. The first-order valence-electron chi connectivity index (χ1n) is 13.1. The first kappa shape index (κ1) is 23.6. The lowest BCUT2D eigenvalue weighted by molar-refractivity contribution is 0.108. The van der Waals surface area contributed by atoms with Crippen LogP contribution in [0.1, 0.15) is 92.9 Å². The van der Waals surface area contributed by atoms with Gasteiger partial charge < -0.3 is 4.43 Å². The molecule has 4 fully saturated rings. The molecule has 4 aliphatic carbocycles. The first-order chi connectivity index (χ1) is 14.3. The highest BCUT2D eigenvalue weighted by atomic mass is 28.4. The minimum Gasteiger partial charge on any atom is -0.410 e. The van der Waals surface area contributed by atoms with Crippen LogP contribution in [0.3, 0.4) is 0 Å². The Morgan fingerprint density at radius 3 is 2.42 bits per heavy atom. The summed E-state index contributed by atoms with van der Waals surface area (Å²) in [5.74, 6) is 2.44. The molecular weight excluding hydrogens is 392 g/mol. The Kier molecular flexibility index (Phi) is 5.87. The predicted molar refractivity (Wildman–Crippen MR) is 137 cm³/mol. The lowest BCUT2D eigenvalue weighted by atomic mass is 9.61. The van der Waals surface area contributed by atoms with Gasteiger partial charge in [-0.15, -0.1) is 0 Å². The third-order valence-electron chi connectivity index (χ3n) is 10.6. The predicted octanol–water partition coefficient (Wildman–Crippen LogP) is 8.84. The molecule has 4 rings (SSSR count). The third-order valence-corrected chi connectivity index (χ3v) is 15.1. The molecular formula is C29H48OSi. The smallest absolute Gasteiger partial charge is 0.192 e. The van der Waals surface area contributed by atoms with Gasteiger partial charge in [-0.25, -0.2) is 0 Å². The van der Waals surface area contributed by atoms with Gasteiger partial charge >= 0.3 is 0 Å². The van der Waals surface area contributed by atoms with Gasteiger partial charge in [0.1, 0.15) is 0 Å². The number of hydrogen-bond acceptors (Lipinski definition) is 1. The van der Waals surface area contributed by atoms with Crippen molar-refractivity contribution in [3.8, 4) is 0 Å². The Morgan fingerprint density at radius 1 is 1.13 bits per heavy atom. The van der Waals surface area contributed by atoms with Crippen LogP contribution in [0.15, 0.2) is 35.5 Å². The minimum absolute atomic E-state index is 0.202. The van der Waals surface area contributed by atoms with E-state index in [1.54, 1.807) is 5.57 Å². The van der Waals surface area contributed by atoms with Crippen LogP contribution in [0.5, 0.6) is 0 Å². The average Bonchev–Trinajstić information content (AvgIpc) is 3.22. The van der Waals surface area contributed by atoms with Crippen LogP contribution < -0.4 is 0 Å². The van der Waals surface area contributed by atoms with Gasteiger partial charge in [0.25, 0.3) is 0 Å². The van der Waals surface area contributed by atoms with E-state index in [2.05, 4.69) is 73.4 Å². The summed E-state index contributed by atoms with van der Waals surface area (Å²) >= 11 is 0. The Bertz CT molecular complexity index is 796. The van der Waals surface area contributed by atoms with Gasteiger partial charge in [0.15, 0.2) is 8.32 Å². The van der Waals surface area contributed by atoms with Crippen molar-refractivity contribution in [2.75, 3.05) is 0 Å². The van der Waals surface area contributed by atoms with Crippen molar-refractivity contribution in [3.63, 3.8) is 0 Å². The Morgan fingerprint density at radius 2 is 1.81 bits per heavy atom. The second-order valence-corrected chi connectivity index (χ2v) is 18.3. The quantitative estimate of drug-likeness (QED) is 0.398. The maximum Gasteiger partial charge on any atom is 0.192 e. The molecule has 174 valence electrons. The minimum atomic E-state index is -1.80. The van der Waals surface area contributed by atoms with Crippen molar-refractivity contribution in [3.05, 3.63) is 35.5 Å². The molecule has 6 atom stereocenters. The van der Waals surface area contributed by atoms with Crippen LogP contribution in [0.25, 0.3) is 0 Å². The van der Waals surface area contributed by atoms with Crippen LogP contribution in [0, 0.1) is 28.6 Å². The van der Waals surface area contributed by atoms with Crippen molar-refractivity contribution in [2.24, 2.45) is 28.6 Å². The topological polar surface area (TPSA) is 9.23 Å². The summed E-state index contributed by atoms with van der Waals surface area (Å²) in [5.41, 5.74) is 5.69.